The molecule has 3 heterocycles. The number of hydrogen-bond donors (Lipinski definition) is 0. The van der Waals surface area contributed by atoms with E-state index in [0.29, 0.717) is 11.4 Å². The van der Waals surface area contributed by atoms with Crippen molar-refractivity contribution in [1.82, 2.24) is 10.0 Å². The predicted octanol–water partition coefficient (Wildman–Crippen LogP) is 2.99. The number of carbonyl (C=O) groups excluding carboxylic acids is 2. The second-order valence-electron chi connectivity index (χ2n) is 7.36. The number of fused-ring (bicyclic) bond motifs is 3. The number of hydrazine groups is 1. The predicted molar refractivity (Wildman–Crippen MR) is 108 cm³/mol. The molecule has 28 heavy (non-hydrogen) atoms. The largest absolute Gasteiger partial charge is 0.497 e. The van der Waals surface area contributed by atoms with Crippen LogP contribution in [0.5, 0.6) is 5.75 Å². The molecule has 3 saturated heterocycles. The topological polar surface area (TPSA) is 53.1 Å². The molecule has 0 spiro atoms. The van der Waals surface area contributed by atoms with Crippen molar-refractivity contribution >= 4 is 33.4 Å². The molecule has 144 valence electrons. The molecular formula is C21H20BrN3O3. The molecule has 0 saturated carbocycles. The Morgan fingerprint density at radius 2 is 1.54 bits per heavy atom. The summed E-state index contributed by atoms with van der Waals surface area (Å²) in [7, 11) is 1.59. The van der Waals surface area contributed by atoms with Crippen molar-refractivity contribution in [2.75, 3.05) is 25.1 Å². The Hall–Kier alpha value is -2.22. The maximum atomic E-state index is 13.4. The van der Waals surface area contributed by atoms with E-state index in [2.05, 4.69) is 25.9 Å². The lowest BCUT2D eigenvalue weighted by atomic mass is 9.90. The van der Waals surface area contributed by atoms with Gasteiger partial charge in [-0.15, -0.1) is 0 Å². The van der Waals surface area contributed by atoms with E-state index in [1.165, 1.54) is 4.90 Å². The summed E-state index contributed by atoms with van der Waals surface area (Å²) in [5.74, 6) is 0.0479. The summed E-state index contributed by atoms with van der Waals surface area (Å²) >= 11 is 3.48. The third-order valence-electron chi connectivity index (χ3n) is 5.95. The molecular weight excluding hydrogens is 422 g/mol. The molecule has 3 atom stereocenters. The number of methoxy groups -OCH3 is 1. The fourth-order valence-electron chi connectivity index (χ4n) is 4.76. The fourth-order valence-corrected chi connectivity index (χ4v) is 5.02. The fraction of sp³-hybridized carbons (Fsp3) is 0.333. The number of carbonyl (C=O) groups is 2. The number of imide groups is 1. The van der Waals surface area contributed by atoms with Crippen molar-refractivity contribution in [2.45, 2.75) is 18.5 Å². The third kappa shape index (κ3) is 2.53. The number of rotatable bonds is 3. The Morgan fingerprint density at radius 3 is 2.18 bits per heavy atom. The van der Waals surface area contributed by atoms with Crippen LogP contribution in [-0.2, 0) is 9.59 Å². The summed E-state index contributed by atoms with van der Waals surface area (Å²) < 4.78 is 6.19. The lowest BCUT2D eigenvalue weighted by Crippen LogP contribution is -2.44. The number of halogens is 1. The second-order valence-corrected chi connectivity index (χ2v) is 8.27. The van der Waals surface area contributed by atoms with Crippen molar-refractivity contribution in [3.8, 4) is 5.75 Å². The smallest absolute Gasteiger partial charge is 0.253 e. The molecule has 2 aromatic rings. The van der Waals surface area contributed by atoms with Crippen LogP contribution in [0.15, 0.2) is 53.0 Å². The van der Waals surface area contributed by atoms with Gasteiger partial charge in [-0.1, -0.05) is 28.1 Å². The van der Waals surface area contributed by atoms with Crippen LogP contribution in [0.1, 0.15) is 18.0 Å². The zero-order chi connectivity index (χ0) is 19.4. The zero-order valence-electron chi connectivity index (χ0n) is 15.4. The van der Waals surface area contributed by atoms with Gasteiger partial charge in [0.25, 0.3) is 5.91 Å². The van der Waals surface area contributed by atoms with Crippen molar-refractivity contribution in [1.29, 1.82) is 0 Å². The van der Waals surface area contributed by atoms with Crippen molar-refractivity contribution in [3.63, 3.8) is 0 Å². The van der Waals surface area contributed by atoms with Gasteiger partial charge < -0.3 is 4.74 Å². The van der Waals surface area contributed by atoms with E-state index in [1.807, 2.05) is 24.3 Å². The van der Waals surface area contributed by atoms with Gasteiger partial charge >= 0.3 is 0 Å². The highest BCUT2D eigenvalue weighted by Gasteiger charge is 2.62. The Kier molecular flexibility index (Phi) is 4.26. The number of amides is 2. The van der Waals surface area contributed by atoms with E-state index in [9.17, 15) is 9.59 Å². The molecule has 7 heteroatoms. The van der Waals surface area contributed by atoms with Gasteiger partial charge in [0.05, 0.1) is 24.8 Å². The summed E-state index contributed by atoms with van der Waals surface area (Å²) in [6.07, 6.45) is 1.00. The summed E-state index contributed by atoms with van der Waals surface area (Å²) in [4.78, 5) is 28.1. The number of benzene rings is 2. The average molecular weight is 442 g/mol. The molecule has 0 aromatic heterocycles. The normalized spacial score (nSPS) is 27.4. The van der Waals surface area contributed by atoms with Gasteiger partial charge in [0.1, 0.15) is 11.8 Å². The first kappa shape index (κ1) is 17.8. The Balaban J connectivity index is 1.55. The van der Waals surface area contributed by atoms with Crippen LogP contribution in [0.3, 0.4) is 0 Å². The summed E-state index contributed by atoms with van der Waals surface area (Å²) in [6.45, 7) is 1.68. The molecule has 3 fully saturated rings. The minimum absolute atomic E-state index is 0.111. The van der Waals surface area contributed by atoms with Crippen LogP contribution >= 0.6 is 15.9 Å². The minimum atomic E-state index is -0.425. The van der Waals surface area contributed by atoms with E-state index < -0.39 is 12.0 Å². The quantitative estimate of drug-likeness (QED) is 0.685. The average Bonchev–Trinajstić information content (AvgIpc) is 3.35. The monoisotopic (exact) mass is 441 g/mol. The van der Waals surface area contributed by atoms with E-state index in [1.54, 1.807) is 31.4 Å². The Morgan fingerprint density at radius 1 is 0.893 bits per heavy atom. The molecule has 6 nitrogen and oxygen atoms in total. The maximum absolute atomic E-state index is 13.4. The van der Waals surface area contributed by atoms with Gasteiger partial charge in [0, 0.05) is 17.6 Å². The third-order valence-corrected chi connectivity index (χ3v) is 6.48. The minimum Gasteiger partial charge on any atom is -0.497 e. The van der Waals surface area contributed by atoms with Crippen LogP contribution in [0.4, 0.5) is 5.69 Å². The SMILES string of the molecule is COc1ccc(N2C(=O)[C@H]3[C@@H](C2=O)N2CCCN2[C@@H]3c2ccc(Br)cc2)cc1. The van der Waals surface area contributed by atoms with Crippen LogP contribution in [0.2, 0.25) is 0 Å². The standard InChI is InChI=1S/C21H20BrN3O3/c1-28-16-9-7-15(8-10-16)25-20(26)17-18(13-3-5-14(22)6-4-13)23-11-2-12-24(23)19(17)21(25)27/h3-10,17-19H,2,11-12H2,1H3/t17-,18-,19+/m1/s1. The van der Waals surface area contributed by atoms with Gasteiger partial charge in [-0.2, -0.15) is 0 Å². The number of anilines is 1. The lowest BCUT2D eigenvalue weighted by molar-refractivity contribution is -0.126. The van der Waals surface area contributed by atoms with Crippen LogP contribution in [0.25, 0.3) is 0 Å². The number of hydrogen-bond acceptors (Lipinski definition) is 5. The van der Waals surface area contributed by atoms with Crippen LogP contribution < -0.4 is 9.64 Å². The highest BCUT2D eigenvalue weighted by Crippen LogP contribution is 2.49. The van der Waals surface area contributed by atoms with Crippen LogP contribution in [0, 0.1) is 5.92 Å². The first-order chi connectivity index (χ1) is 13.6. The van der Waals surface area contributed by atoms with E-state index in [-0.39, 0.29) is 17.9 Å². The molecule has 3 aliphatic heterocycles. The van der Waals surface area contributed by atoms with Gasteiger partial charge in [-0.25, -0.2) is 14.9 Å². The maximum Gasteiger partial charge on any atom is 0.253 e. The first-order valence-electron chi connectivity index (χ1n) is 9.40. The van der Waals surface area contributed by atoms with Gasteiger partial charge in [-0.3, -0.25) is 9.59 Å². The summed E-state index contributed by atoms with van der Waals surface area (Å²) in [6, 6.07) is 14.6. The number of ether oxygens (including phenoxy) is 1. The molecule has 3 aliphatic rings. The highest BCUT2D eigenvalue weighted by atomic mass is 79.9. The molecule has 5 rings (SSSR count). The van der Waals surface area contributed by atoms with E-state index >= 15 is 0 Å². The Bertz CT molecular complexity index is 931. The molecule has 2 amide bonds. The van der Waals surface area contributed by atoms with Crippen molar-refractivity contribution < 1.29 is 14.3 Å². The molecule has 0 bridgehead atoms. The van der Waals surface area contributed by atoms with E-state index in [0.717, 1.165) is 29.5 Å². The lowest BCUT2D eigenvalue weighted by Gasteiger charge is -2.29. The zero-order valence-corrected chi connectivity index (χ0v) is 17.0. The molecule has 0 radical (unpaired) electrons. The molecule has 0 N–H and O–H groups in total. The number of nitrogens with zero attached hydrogens (tertiary/aromatic N) is 3. The molecule has 0 aliphatic carbocycles. The van der Waals surface area contributed by atoms with Crippen LogP contribution in [-0.4, -0.2) is 48.1 Å². The first-order valence-corrected chi connectivity index (χ1v) is 10.2. The molecule has 2 aromatic carbocycles. The van der Waals surface area contributed by atoms with Gasteiger partial charge in [-0.05, 0) is 48.4 Å². The highest BCUT2D eigenvalue weighted by molar-refractivity contribution is 9.10. The summed E-state index contributed by atoms with van der Waals surface area (Å²) in [5, 5.41) is 4.33. The van der Waals surface area contributed by atoms with Gasteiger partial charge in [0.15, 0.2) is 0 Å². The second kappa shape index (κ2) is 6.69. The van der Waals surface area contributed by atoms with E-state index in [4.69, 9.17) is 4.74 Å². The van der Waals surface area contributed by atoms with Crippen molar-refractivity contribution in [3.05, 3.63) is 58.6 Å². The molecule has 0 unspecified atom stereocenters. The Labute approximate surface area is 171 Å². The summed E-state index contributed by atoms with van der Waals surface area (Å²) in [5.41, 5.74) is 1.67. The van der Waals surface area contributed by atoms with Gasteiger partial charge in [0.2, 0.25) is 5.91 Å². The van der Waals surface area contributed by atoms with Crippen molar-refractivity contribution in [2.24, 2.45) is 5.92 Å².